The van der Waals surface area contributed by atoms with Gasteiger partial charge < -0.3 is 4.74 Å². The first-order chi connectivity index (χ1) is 7.62. The quantitative estimate of drug-likeness (QED) is 0.562. The molecule has 0 aromatic carbocycles. The topological polar surface area (TPSA) is 43.4 Å². The van der Waals surface area contributed by atoms with E-state index < -0.39 is 10.8 Å². The Hall–Kier alpha value is -0.860. The number of hydrogen-bond acceptors (Lipinski definition) is 3. The number of ether oxygens (including phenoxy) is 1. The highest BCUT2D eigenvalue weighted by molar-refractivity contribution is 5.94. The molecule has 1 rings (SSSR count). The third-order valence-electron chi connectivity index (χ3n) is 4.03. The molecule has 17 heavy (non-hydrogen) atoms. The third-order valence-corrected chi connectivity index (χ3v) is 4.03. The molecule has 0 aromatic heterocycles. The van der Waals surface area contributed by atoms with E-state index in [0.717, 1.165) is 6.42 Å². The standard InChI is InChI=1S/C14H24O3/c1-9(2)7-13(5)8-14(6,10(3)4)12(16)17-11(13)15/h9-10H,7-8H2,1-6H3. The Kier molecular flexibility index (Phi) is 3.70. The van der Waals surface area contributed by atoms with Crippen molar-refractivity contribution in [1.29, 1.82) is 0 Å². The highest BCUT2D eigenvalue weighted by Crippen LogP contribution is 2.47. The van der Waals surface area contributed by atoms with Gasteiger partial charge in [0.15, 0.2) is 0 Å². The van der Waals surface area contributed by atoms with E-state index in [1.54, 1.807) is 0 Å². The van der Waals surface area contributed by atoms with Crippen LogP contribution in [-0.4, -0.2) is 11.9 Å². The summed E-state index contributed by atoms with van der Waals surface area (Å²) in [6.07, 6.45) is 1.36. The van der Waals surface area contributed by atoms with E-state index in [-0.39, 0.29) is 17.9 Å². The van der Waals surface area contributed by atoms with Gasteiger partial charge in [0.1, 0.15) is 0 Å². The van der Waals surface area contributed by atoms with Crippen LogP contribution in [-0.2, 0) is 14.3 Å². The fraction of sp³-hybridized carbons (Fsp3) is 0.857. The van der Waals surface area contributed by atoms with Crippen LogP contribution >= 0.6 is 0 Å². The van der Waals surface area contributed by atoms with E-state index in [9.17, 15) is 9.59 Å². The summed E-state index contributed by atoms with van der Waals surface area (Å²) in [5.41, 5.74) is -1.07. The molecular formula is C14H24O3. The smallest absolute Gasteiger partial charge is 0.319 e. The number of rotatable bonds is 3. The zero-order valence-electron chi connectivity index (χ0n) is 11.8. The summed E-state index contributed by atoms with van der Waals surface area (Å²) in [7, 11) is 0. The molecular weight excluding hydrogens is 216 g/mol. The van der Waals surface area contributed by atoms with Gasteiger partial charge in [0.25, 0.3) is 0 Å². The van der Waals surface area contributed by atoms with Crippen molar-refractivity contribution < 1.29 is 14.3 Å². The van der Waals surface area contributed by atoms with Crippen LogP contribution in [0.4, 0.5) is 0 Å². The van der Waals surface area contributed by atoms with E-state index >= 15 is 0 Å². The van der Waals surface area contributed by atoms with Crippen molar-refractivity contribution >= 4 is 11.9 Å². The second-order valence-corrected chi connectivity index (χ2v) is 6.58. The van der Waals surface area contributed by atoms with Crippen molar-refractivity contribution in [2.45, 2.75) is 54.4 Å². The lowest BCUT2D eigenvalue weighted by atomic mass is 9.63. The highest BCUT2D eigenvalue weighted by atomic mass is 16.6. The molecule has 0 bridgehead atoms. The largest absolute Gasteiger partial charge is 0.392 e. The average Bonchev–Trinajstić information content (AvgIpc) is 2.13. The Morgan fingerprint density at radius 3 is 2.06 bits per heavy atom. The van der Waals surface area contributed by atoms with Crippen molar-refractivity contribution in [2.24, 2.45) is 22.7 Å². The van der Waals surface area contributed by atoms with E-state index in [4.69, 9.17) is 4.74 Å². The second kappa shape index (κ2) is 4.43. The molecule has 3 nitrogen and oxygen atoms in total. The molecule has 2 atom stereocenters. The van der Waals surface area contributed by atoms with Gasteiger partial charge in [-0.25, -0.2) is 0 Å². The maximum atomic E-state index is 11.9. The first-order valence-corrected chi connectivity index (χ1v) is 6.38. The number of carbonyl (C=O) groups is 2. The fourth-order valence-corrected chi connectivity index (χ4v) is 2.78. The molecule has 0 N–H and O–H groups in total. The lowest BCUT2D eigenvalue weighted by molar-refractivity contribution is -0.188. The van der Waals surface area contributed by atoms with Gasteiger partial charge in [-0.3, -0.25) is 9.59 Å². The highest BCUT2D eigenvalue weighted by Gasteiger charge is 2.53. The molecule has 1 aliphatic heterocycles. The van der Waals surface area contributed by atoms with Crippen LogP contribution in [0.1, 0.15) is 54.4 Å². The molecule has 2 unspecified atom stereocenters. The molecule has 0 aliphatic carbocycles. The molecule has 0 aromatic rings. The number of esters is 2. The third kappa shape index (κ3) is 2.53. The van der Waals surface area contributed by atoms with E-state index in [0.29, 0.717) is 12.3 Å². The summed E-state index contributed by atoms with van der Waals surface area (Å²) in [6.45, 7) is 12.0. The SMILES string of the molecule is CC(C)CC1(C)CC(C)(C(C)C)C(=O)OC1=O. The van der Waals surface area contributed by atoms with Crippen LogP contribution < -0.4 is 0 Å². The molecule has 3 heteroatoms. The van der Waals surface area contributed by atoms with Crippen molar-refractivity contribution in [3.8, 4) is 0 Å². The minimum atomic E-state index is -0.544. The van der Waals surface area contributed by atoms with Crippen molar-refractivity contribution in [1.82, 2.24) is 0 Å². The summed E-state index contributed by atoms with van der Waals surface area (Å²) >= 11 is 0. The summed E-state index contributed by atoms with van der Waals surface area (Å²) in [4.78, 5) is 23.8. The van der Waals surface area contributed by atoms with Crippen LogP contribution in [0, 0.1) is 22.7 Å². The second-order valence-electron chi connectivity index (χ2n) is 6.58. The van der Waals surface area contributed by atoms with Gasteiger partial charge in [-0.15, -0.1) is 0 Å². The van der Waals surface area contributed by atoms with Crippen molar-refractivity contribution in [3.63, 3.8) is 0 Å². The van der Waals surface area contributed by atoms with Crippen LogP contribution in [0.15, 0.2) is 0 Å². The van der Waals surface area contributed by atoms with Gasteiger partial charge in [0.2, 0.25) is 0 Å². The molecule has 0 saturated carbocycles. The first kappa shape index (κ1) is 14.2. The molecule has 1 heterocycles. The van der Waals surface area contributed by atoms with Gasteiger partial charge in [-0.05, 0) is 38.5 Å². The fourth-order valence-electron chi connectivity index (χ4n) is 2.78. The zero-order valence-corrected chi connectivity index (χ0v) is 11.8. The first-order valence-electron chi connectivity index (χ1n) is 6.38. The summed E-state index contributed by atoms with van der Waals surface area (Å²) in [6, 6.07) is 0. The molecule has 98 valence electrons. The number of hydrogen-bond donors (Lipinski definition) is 0. The van der Waals surface area contributed by atoms with Gasteiger partial charge >= 0.3 is 11.9 Å². The Morgan fingerprint density at radius 2 is 1.65 bits per heavy atom. The minimum Gasteiger partial charge on any atom is -0.392 e. The molecule has 0 amide bonds. The minimum absolute atomic E-state index is 0.176. The van der Waals surface area contributed by atoms with Crippen LogP contribution in [0.2, 0.25) is 0 Å². The predicted octanol–water partition coefficient (Wildman–Crippen LogP) is 3.17. The average molecular weight is 240 g/mol. The Labute approximate surface area is 104 Å². The van der Waals surface area contributed by atoms with Crippen molar-refractivity contribution in [2.75, 3.05) is 0 Å². The zero-order chi connectivity index (χ0) is 13.4. The number of carbonyl (C=O) groups excluding carboxylic acids is 2. The molecule has 1 saturated heterocycles. The van der Waals surface area contributed by atoms with Crippen LogP contribution in [0.5, 0.6) is 0 Å². The van der Waals surface area contributed by atoms with E-state index in [1.165, 1.54) is 0 Å². The molecule has 1 fully saturated rings. The molecule has 0 radical (unpaired) electrons. The van der Waals surface area contributed by atoms with Crippen LogP contribution in [0.3, 0.4) is 0 Å². The van der Waals surface area contributed by atoms with Gasteiger partial charge in [0.05, 0.1) is 10.8 Å². The van der Waals surface area contributed by atoms with Crippen LogP contribution in [0.25, 0.3) is 0 Å². The summed E-state index contributed by atoms with van der Waals surface area (Å²) in [5, 5.41) is 0. The predicted molar refractivity (Wildman–Crippen MR) is 66.2 cm³/mol. The van der Waals surface area contributed by atoms with Crippen molar-refractivity contribution in [3.05, 3.63) is 0 Å². The maximum Gasteiger partial charge on any atom is 0.319 e. The Morgan fingerprint density at radius 1 is 1.12 bits per heavy atom. The summed E-state index contributed by atoms with van der Waals surface area (Å²) < 4.78 is 5.00. The van der Waals surface area contributed by atoms with E-state index in [2.05, 4.69) is 13.8 Å². The van der Waals surface area contributed by atoms with E-state index in [1.807, 2.05) is 27.7 Å². The Bertz CT molecular complexity index is 332. The normalized spacial score (nSPS) is 34.4. The monoisotopic (exact) mass is 240 g/mol. The van der Waals surface area contributed by atoms with Gasteiger partial charge in [0, 0.05) is 0 Å². The van der Waals surface area contributed by atoms with Gasteiger partial charge in [-0.2, -0.15) is 0 Å². The summed E-state index contributed by atoms with van der Waals surface area (Å²) in [5.74, 6) is -0.125. The lowest BCUT2D eigenvalue weighted by Gasteiger charge is -2.43. The molecule has 1 aliphatic rings. The lowest BCUT2D eigenvalue weighted by Crippen LogP contribution is -2.50. The number of cyclic esters (lactones) is 2. The Balaban J connectivity index is 3.03. The molecule has 0 spiro atoms. The maximum absolute atomic E-state index is 11.9. The van der Waals surface area contributed by atoms with Gasteiger partial charge in [-0.1, -0.05) is 27.7 Å².